The molecule has 184 valence electrons. The van der Waals surface area contributed by atoms with Crippen LogP contribution in [0.3, 0.4) is 0 Å². The molecule has 6 rings (SSSR count). The summed E-state index contributed by atoms with van der Waals surface area (Å²) in [5, 5.41) is 40.2. The summed E-state index contributed by atoms with van der Waals surface area (Å²) >= 11 is 0. The lowest BCUT2D eigenvalue weighted by molar-refractivity contribution is -0.307. The molecule has 2 bridgehead atoms. The Bertz CT molecular complexity index is 1150. The fourth-order valence-corrected chi connectivity index (χ4v) is 6.62. The molecule has 0 amide bonds. The van der Waals surface area contributed by atoms with E-state index in [0.717, 1.165) is 11.1 Å². The van der Waals surface area contributed by atoms with Crippen molar-refractivity contribution in [1.82, 2.24) is 4.90 Å². The lowest BCUT2D eigenvalue weighted by Crippen LogP contribution is -2.66. The molecule has 10 heteroatoms. The Morgan fingerprint density at radius 2 is 2.06 bits per heavy atom. The van der Waals surface area contributed by atoms with Gasteiger partial charge in [-0.25, -0.2) is 4.79 Å². The number of likely N-dealkylation sites (tertiary alicyclic amines) is 1. The Balaban J connectivity index is 1.40. The molecule has 2 fully saturated rings. The Hall–Kier alpha value is -2.21. The number of carboxylic acid groups (broad SMARTS) is 1. The molecule has 0 aromatic heterocycles. The molecule has 2 aliphatic carbocycles. The van der Waals surface area contributed by atoms with Gasteiger partial charge in [-0.1, -0.05) is 18.2 Å². The summed E-state index contributed by atoms with van der Waals surface area (Å²) in [6.45, 7) is -1.96. The van der Waals surface area contributed by atoms with E-state index in [4.69, 9.17) is 23.1 Å². The van der Waals surface area contributed by atoms with E-state index in [1.165, 1.54) is 0 Å². The minimum atomic E-state index is -2.27. The lowest BCUT2D eigenvalue weighted by atomic mass is 9.53. The van der Waals surface area contributed by atoms with Crippen LogP contribution < -0.4 is 9.47 Å². The van der Waals surface area contributed by atoms with Crippen molar-refractivity contribution in [2.24, 2.45) is 5.92 Å². The fraction of sp³-hybridized carbons (Fsp3) is 0.625. The van der Waals surface area contributed by atoms with E-state index in [9.17, 15) is 25.2 Å². The van der Waals surface area contributed by atoms with Gasteiger partial charge in [0.2, 0.25) is 0 Å². The first kappa shape index (κ1) is 19.0. The van der Waals surface area contributed by atoms with Crippen molar-refractivity contribution in [3.63, 3.8) is 0 Å². The van der Waals surface area contributed by atoms with Crippen molar-refractivity contribution in [3.8, 4) is 11.5 Å². The van der Waals surface area contributed by atoms with Gasteiger partial charge in [0.25, 0.3) is 0 Å². The number of carboxylic acids is 1. The van der Waals surface area contributed by atoms with Crippen molar-refractivity contribution in [2.45, 2.75) is 67.2 Å². The number of nitrogens with zero attached hydrogens (tertiary/aromatic N) is 1. The van der Waals surface area contributed by atoms with Gasteiger partial charge in [0.05, 0.1) is 7.11 Å². The molecule has 2 saturated heterocycles. The van der Waals surface area contributed by atoms with Crippen molar-refractivity contribution in [1.29, 1.82) is 0 Å². The molecule has 34 heavy (non-hydrogen) atoms. The van der Waals surface area contributed by atoms with Crippen molar-refractivity contribution >= 4 is 5.97 Å². The first-order valence-electron chi connectivity index (χ1n) is 12.9. The monoisotopic (exact) mass is 478 g/mol. The van der Waals surface area contributed by atoms with Crippen LogP contribution in [0, 0.1) is 5.92 Å². The number of methoxy groups -OCH3 is 1. The van der Waals surface area contributed by atoms with Crippen LogP contribution >= 0.6 is 0 Å². The second kappa shape index (κ2) is 7.64. The van der Waals surface area contributed by atoms with E-state index in [1.807, 2.05) is 12.1 Å². The summed E-state index contributed by atoms with van der Waals surface area (Å²) in [6, 6.07) is 3.43. The predicted octanol–water partition coefficient (Wildman–Crippen LogP) is -0.582. The van der Waals surface area contributed by atoms with Crippen LogP contribution in [0.15, 0.2) is 24.3 Å². The summed E-state index contributed by atoms with van der Waals surface area (Å²) in [5.41, 5.74) is 1.29. The van der Waals surface area contributed by atoms with Crippen LogP contribution in [0.2, 0.25) is 0 Å². The Labute approximate surface area is 200 Å². The third kappa shape index (κ3) is 2.81. The molecule has 0 radical (unpaired) electrons. The van der Waals surface area contributed by atoms with E-state index in [2.05, 4.69) is 0 Å². The van der Waals surface area contributed by atoms with Gasteiger partial charge in [0.15, 0.2) is 23.9 Å². The number of benzene rings is 1. The van der Waals surface area contributed by atoms with Crippen LogP contribution in [-0.4, -0.2) is 101 Å². The standard InChI is InChI=1S/C24H29NO9/c1-25-8-7-24-11-4-6-14(32-23-18(28)16(26)17(27)20(34-23)22(29)30)21(24)33-19-13(31-2)5-3-10(15(19)24)9-12(11)25/h3-6,11-12,14,16-18,20-21,23,26-28H,7-9H2,1-2H3,(H,29,30)/t11-,12+,14-,16?,17-,18+,20-,21-,23+,24-/m0/s1/i1D3. The summed E-state index contributed by atoms with van der Waals surface area (Å²) in [4.78, 5) is 13.1. The molecule has 1 aromatic carbocycles. The first-order valence-corrected chi connectivity index (χ1v) is 11.4. The maximum absolute atomic E-state index is 11.6. The van der Waals surface area contributed by atoms with E-state index in [0.29, 0.717) is 30.9 Å². The molecular weight excluding hydrogens is 446 g/mol. The van der Waals surface area contributed by atoms with Crippen LogP contribution in [0.5, 0.6) is 11.5 Å². The third-order valence-electron chi connectivity index (χ3n) is 8.16. The lowest BCUT2D eigenvalue weighted by Gasteiger charge is -2.57. The largest absolute Gasteiger partial charge is 0.493 e. The predicted molar refractivity (Wildman–Crippen MR) is 116 cm³/mol. The quantitative estimate of drug-likeness (QED) is 0.416. The zero-order valence-corrected chi connectivity index (χ0v) is 18.4. The number of hydrogen-bond acceptors (Lipinski definition) is 9. The Morgan fingerprint density at radius 3 is 2.79 bits per heavy atom. The van der Waals surface area contributed by atoms with E-state index in [1.54, 1.807) is 24.2 Å². The number of aliphatic hydroxyl groups is 3. The third-order valence-corrected chi connectivity index (χ3v) is 8.16. The topological polar surface area (TPSA) is 138 Å². The van der Waals surface area contributed by atoms with Crippen LogP contribution in [0.1, 0.15) is 21.7 Å². The molecule has 10 nitrogen and oxygen atoms in total. The summed E-state index contributed by atoms with van der Waals surface area (Å²) in [7, 11) is 1.54. The summed E-state index contributed by atoms with van der Waals surface area (Å²) < 4.78 is 47.8. The fourth-order valence-electron chi connectivity index (χ4n) is 6.62. The molecular formula is C24H29NO9. The van der Waals surface area contributed by atoms with E-state index in [-0.39, 0.29) is 12.0 Å². The van der Waals surface area contributed by atoms with E-state index < -0.39 is 61.3 Å². The van der Waals surface area contributed by atoms with Gasteiger partial charge in [0.1, 0.15) is 30.5 Å². The van der Waals surface area contributed by atoms with Gasteiger partial charge in [-0.2, -0.15) is 0 Å². The minimum absolute atomic E-state index is 0.205. The molecule has 0 saturated carbocycles. The van der Waals surface area contributed by atoms with Gasteiger partial charge in [-0.3, -0.25) is 0 Å². The average molecular weight is 479 g/mol. The molecule has 3 aliphatic heterocycles. The van der Waals surface area contributed by atoms with Crippen LogP contribution in [0.25, 0.3) is 0 Å². The zero-order chi connectivity index (χ0) is 26.4. The van der Waals surface area contributed by atoms with Crippen LogP contribution in [0.4, 0.5) is 0 Å². The Kier molecular flexibility index (Phi) is 4.28. The SMILES string of the molecule is [2H]C([2H])([2H])N1CC[C@]23c4c5ccc(OC)c4O[C@H]2[C@@H](O[C@@H]2O[C@H](C(=O)O)[C@@H](O)C(O)[C@H]2O)C=C[C@H]3[C@H]1C5. The van der Waals surface area contributed by atoms with Crippen molar-refractivity contribution < 1.29 is 48.3 Å². The Morgan fingerprint density at radius 1 is 1.24 bits per heavy atom. The zero-order valence-electron chi connectivity index (χ0n) is 21.4. The number of likely N-dealkylation sites (N-methyl/N-ethyl adjacent to an activating group) is 1. The highest BCUT2D eigenvalue weighted by atomic mass is 16.7. The normalized spacial score (nSPS) is 46.0. The van der Waals surface area contributed by atoms with Gasteiger partial charge < -0.3 is 44.3 Å². The smallest absolute Gasteiger partial charge is 0.335 e. The molecule has 4 N–H and O–H groups in total. The maximum Gasteiger partial charge on any atom is 0.335 e. The average Bonchev–Trinajstić information content (AvgIpc) is 3.18. The maximum atomic E-state index is 11.6. The number of aliphatic carboxylic acids is 1. The molecule has 10 atom stereocenters. The molecule has 1 spiro atoms. The number of aliphatic hydroxyl groups excluding tert-OH is 3. The van der Waals surface area contributed by atoms with Crippen LogP contribution in [-0.2, 0) is 26.1 Å². The second-order valence-electron chi connectivity index (χ2n) is 9.67. The number of rotatable bonds is 4. The first-order chi connectivity index (χ1) is 17.5. The molecule has 5 aliphatic rings. The van der Waals surface area contributed by atoms with Crippen molar-refractivity contribution in [3.05, 3.63) is 35.4 Å². The van der Waals surface area contributed by atoms with Gasteiger partial charge in [-0.05, 0) is 38.0 Å². The second-order valence-corrected chi connectivity index (χ2v) is 9.67. The molecule has 1 aromatic rings. The number of carbonyl (C=O) groups is 1. The summed E-state index contributed by atoms with van der Waals surface area (Å²) in [6.07, 6.45) is -5.56. The number of ether oxygens (including phenoxy) is 4. The number of hydrogen-bond donors (Lipinski definition) is 4. The highest BCUT2D eigenvalue weighted by molar-refractivity contribution is 5.73. The molecule has 3 heterocycles. The number of piperidine rings is 1. The van der Waals surface area contributed by atoms with Gasteiger partial charge >= 0.3 is 5.97 Å². The highest BCUT2D eigenvalue weighted by Crippen LogP contribution is 2.62. The summed E-state index contributed by atoms with van der Waals surface area (Å²) in [5.74, 6) is -0.605. The molecule has 1 unspecified atom stereocenters. The van der Waals surface area contributed by atoms with Gasteiger partial charge in [0, 0.05) is 27.1 Å². The van der Waals surface area contributed by atoms with Crippen molar-refractivity contribution in [2.75, 3.05) is 20.6 Å². The minimum Gasteiger partial charge on any atom is -0.493 e. The van der Waals surface area contributed by atoms with Gasteiger partial charge in [-0.15, -0.1) is 0 Å². The highest BCUT2D eigenvalue weighted by Gasteiger charge is 2.65. The van der Waals surface area contributed by atoms with E-state index >= 15 is 0 Å².